The average molecular weight is 366 g/mol. The quantitative estimate of drug-likeness (QED) is 0.677. The van der Waals surface area contributed by atoms with Crippen LogP contribution in [0, 0.1) is 0 Å². The van der Waals surface area contributed by atoms with Crippen LogP contribution < -0.4 is 5.32 Å². The maximum absolute atomic E-state index is 12.4. The van der Waals surface area contributed by atoms with Gasteiger partial charge >= 0.3 is 0 Å². The first-order valence-corrected chi connectivity index (χ1v) is 8.53. The molecular formula is C16H13Cl2N3OS. The van der Waals surface area contributed by atoms with Gasteiger partial charge in [-0.2, -0.15) is 0 Å². The standard InChI is InChI=1S/C16H13Cl2N3OS/c1-10(15(22)20-14-6-5-11(17)8-13(14)18)23-16-19-9-12-4-2-3-7-21(12)16/h2-10H,1H3,(H,20,22). The average Bonchev–Trinajstić information content (AvgIpc) is 2.93. The lowest BCUT2D eigenvalue weighted by atomic mass is 10.3. The summed E-state index contributed by atoms with van der Waals surface area (Å²) < 4.78 is 1.95. The van der Waals surface area contributed by atoms with Crippen LogP contribution in [0.15, 0.2) is 53.9 Å². The van der Waals surface area contributed by atoms with E-state index in [0.29, 0.717) is 15.7 Å². The zero-order chi connectivity index (χ0) is 16.4. The summed E-state index contributed by atoms with van der Waals surface area (Å²) in [6.07, 6.45) is 3.70. The fraction of sp³-hybridized carbons (Fsp3) is 0.125. The van der Waals surface area contributed by atoms with Crippen LogP contribution >= 0.6 is 35.0 Å². The second-order valence-corrected chi connectivity index (χ2v) is 7.06. The maximum Gasteiger partial charge on any atom is 0.237 e. The number of imidazole rings is 1. The number of hydrogen-bond donors (Lipinski definition) is 1. The molecule has 1 atom stereocenters. The Labute approximate surface area is 147 Å². The molecule has 1 unspecified atom stereocenters. The van der Waals surface area contributed by atoms with Gasteiger partial charge in [0.2, 0.25) is 5.91 Å². The second kappa shape index (κ2) is 6.83. The highest BCUT2D eigenvalue weighted by Gasteiger charge is 2.18. The van der Waals surface area contributed by atoms with E-state index in [0.717, 1.165) is 10.7 Å². The summed E-state index contributed by atoms with van der Waals surface area (Å²) in [5.41, 5.74) is 1.53. The number of halogens is 2. The zero-order valence-electron chi connectivity index (χ0n) is 12.2. The van der Waals surface area contributed by atoms with Crippen molar-refractivity contribution in [2.75, 3.05) is 5.32 Å². The number of amides is 1. The van der Waals surface area contributed by atoms with Crippen molar-refractivity contribution >= 4 is 52.1 Å². The van der Waals surface area contributed by atoms with Crippen LogP contribution in [0.5, 0.6) is 0 Å². The normalized spacial score (nSPS) is 12.3. The molecule has 3 rings (SSSR count). The summed E-state index contributed by atoms with van der Waals surface area (Å²) in [4.78, 5) is 16.7. The fourth-order valence-corrected chi connectivity index (χ4v) is 3.37. The molecular weight excluding hydrogens is 353 g/mol. The predicted octanol–water partition coefficient (Wildman–Crippen LogP) is 4.76. The summed E-state index contributed by atoms with van der Waals surface area (Å²) in [7, 11) is 0. The van der Waals surface area contributed by atoms with Crippen LogP contribution in [-0.2, 0) is 4.79 Å². The first-order valence-electron chi connectivity index (χ1n) is 6.89. The Morgan fingerprint density at radius 2 is 2.13 bits per heavy atom. The van der Waals surface area contributed by atoms with Gasteiger partial charge in [0.1, 0.15) is 0 Å². The highest BCUT2D eigenvalue weighted by atomic mass is 35.5. The lowest BCUT2D eigenvalue weighted by Crippen LogP contribution is -2.22. The number of rotatable bonds is 4. The number of nitrogens with one attached hydrogen (secondary N) is 1. The topological polar surface area (TPSA) is 46.4 Å². The number of fused-ring (bicyclic) bond motifs is 1. The van der Waals surface area contributed by atoms with Crippen molar-refractivity contribution in [2.24, 2.45) is 0 Å². The Morgan fingerprint density at radius 1 is 1.30 bits per heavy atom. The highest BCUT2D eigenvalue weighted by molar-refractivity contribution is 8.00. The van der Waals surface area contributed by atoms with Gasteiger partial charge in [-0.25, -0.2) is 4.98 Å². The van der Waals surface area contributed by atoms with Crippen molar-refractivity contribution in [3.8, 4) is 0 Å². The molecule has 23 heavy (non-hydrogen) atoms. The second-order valence-electron chi connectivity index (χ2n) is 4.91. The first-order chi connectivity index (χ1) is 11.0. The number of carbonyl (C=O) groups is 1. The monoisotopic (exact) mass is 365 g/mol. The number of anilines is 1. The lowest BCUT2D eigenvalue weighted by Gasteiger charge is -2.12. The highest BCUT2D eigenvalue weighted by Crippen LogP contribution is 2.28. The van der Waals surface area contributed by atoms with Gasteiger partial charge in [0.05, 0.1) is 27.7 Å². The Kier molecular flexibility index (Phi) is 4.80. The van der Waals surface area contributed by atoms with Crippen LogP contribution in [0.25, 0.3) is 5.52 Å². The van der Waals surface area contributed by atoms with Gasteiger partial charge < -0.3 is 5.32 Å². The van der Waals surface area contributed by atoms with E-state index in [1.807, 2.05) is 35.7 Å². The Balaban J connectivity index is 1.72. The van der Waals surface area contributed by atoms with Crippen molar-refractivity contribution in [3.05, 3.63) is 58.8 Å². The van der Waals surface area contributed by atoms with Crippen molar-refractivity contribution in [1.82, 2.24) is 9.38 Å². The van der Waals surface area contributed by atoms with E-state index >= 15 is 0 Å². The van der Waals surface area contributed by atoms with Gasteiger partial charge in [0.25, 0.3) is 0 Å². The molecule has 1 N–H and O–H groups in total. The van der Waals surface area contributed by atoms with E-state index in [1.165, 1.54) is 11.8 Å². The Bertz CT molecular complexity index is 865. The maximum atomic E-state index is 12.4. The molecule has 2 aromatic heterocycles. The number of thioether (sulfide) groups is 1. The summed E-state index contributed by atoms with van der Waals surface area (Å²) >= 11 is 13.3. The molecule has 2 heterocycles. The molecule has 7 heteroatoms. The molecule has 0 saturated carbocycles. The van der Waals surface area contributed by atoms with E-state index in [9.17, 15) is 4.79 Å². The molecule has 0 aliphatic carbocycles. The number of aromatic nitrogens is 2. The van der Waals surface area contributed by atoms with Crippen LogP contribution in [-0.4, -0.2) is 20.5 Å². The first kappa shape index (κ1) is 16.2. The number of hydrogen-bond acceptors (Lipinski definition) is 3. The summed E-state index contributed by atoms with van der Waals surface area (Å²) in [6, 6.07) is 10.8. The zero-order valence-corrected chi connectivity index (χ0v) is 14.5. The molecule has 0 bridgehead atoms. The third kappa shape index (κ3) is 3.63. The third-order valence-electron chi connectivity index (χ3n) is 3.25. The van der Waals surface area contributed by atoms with E-state index in [-0.39, 0.29) is 11.2 Å². The van der Waals surface area contributed by atoms with Crippen molar-refractivity contribution in [1.29, 1.82) is 0 Å². The molecule has 0 spiro atoms. The van der Waals surface area contributed by atoms with Crippen LogP contribution in [0.3, 0.4) is 0 Å². The van der Waals surface area contributed by atoms with E-state index in [2.05, 4.69) is 10.3 Å². The van der Waals surface area contributed by atoms with Crippen LogP contribution in [0.1, 0.15) is 6.92 Å². The van der Waals surface area contributed by atoms with Gasteiger partial charge in [0.15, 0.2) is 5.16 Å². The minimum Gasteiger partial charge on any atom is -0.324 e. The van der Waals surface area contributed by atoms with Crippen molar-refractivity contribution < 1.29 is 4.79 Å². The third-order valence-corrected chi connectivity index (χ3v) is 4.87. The molecule has 0 saturated heterocycles. The van der Waals surface area contributed by atoms with Crippen molar-refractivity contribution in [3.63, 3.8) is 0 Å². The van der Waals surface area contributed by atoms with E-state index in [4.69, 9.17) is 23.2 Å². The predicted molar refractivity (Wildman–Crippen MR) is 95.6 cm³/mol. The lowest BCUT2D eigenvalue weighted by molar-refractivity contribution is -0.115. The van der Waals surface area contributed by atoms with E-state index < -0.39 is 0 Å². The molecule has 1 aromatic carbocycles. The van der Waals surface area contributed by atoms with Crippen LogP contribution in [0.4, 0.5) is 5.69 Å². The summed E-state index contributed by atoms with van der Waals surface area (Å²) in [5.74, 6) is -0.146. The van der Waals surface area contributed by atoms with Gasteiger partial charge in [-0.05, 0) is 37.3 Å². The number of benzene rings is 1. The van der Waals surface area contributed by atoms with E-state index in [1.54, 1.807) is 24.4 Å². The van der Waals surface area contributed by atoms with Gasteiger partial charge in [0, 0.05) is 11.2 Å². The summed E-state index contributed by atoms with van der Waals surface area (Å²) in [5, 5.41) is 4.19. The minimum absolute atomic E-state index is 0.146. The molecule has 0 aliphatic rings. The van der Waals surface area contributed by atoms with Gasteiger partial charge in [-0.3, -0.25) is 9.20 Å². The van der Waals surface area contributed by atoms with Gasteiger partial charge in [-0.1, -0.05) is 41.0 Å². The molecule has 0 radical (unpaired) electrons. The molecule has 4 nitrogen and oxygen atoms in total. The number of carbonyl (C=O) groups excluding carboxylic acids is 1. The number of pyridine rings is 1. The molecule has 118 valence electrons. The molecule has 3 aromatic rings. The molecule has 1 amide bonds. The number of nitrogens with zero attached hydrogens (tertiary/aromatic N) is 2. The fourth-order valence-electron chi connectivity index (χ4n) is 2.04. The smallest absolute Gasteiger partial charge is 0.237 e. The SMILES string of the molecule is CC(Sc1ncc2ccccn12)C(=O)Nc1ccc(Cl)cc1Cl. The van der Waals surface area contributed by atoms with Gasteiger partial charge in [-0.15, -0.1) is 0 Å². The van der Waals surface area contributed by atoms with Crippen molar-refractivity contribution in [2.45, 2.75) is 17.3 Å². The summed E-state index contributed by atoms with van der Waals surface area (Å²) in [6.45, 7) is 1.83. The largest absolute Gasteiger partial charge is 0.324 e. The molecule has 0 fully saturated rings. The Morgan fingerprint density at radius 3 is 2.91 bits per heavy atom. The minimum atomic E-state index is -0.326. The Hall–Kier alpha value is -1.69. The molecule has 0 aliphatic heterocycles. The van der Waals surface area contributed by atoms with Crippen LogP contribution in [0.2, 0.25) is 10.0 Å².